The molecule has 0 aliphatic heterocycles. The molecule has 140 valence electrons. The summed E-state index contributed by atoms with van der Waals surface area (Å²) in [5.41, 5.74) is 1.29. The van der Waals surface area contributed by atoms with Crippen LogP contribution in [0.4, 0.5) is 0 Å². The quantitative estimate of drug-likeness (QED) is 0.433. The van der Waals surface area contributed by atoms with Crippen molar-refractivity contribution in [1.29, 1.82) is 0 Å². The van der Waals surface area contributed by atoms with E-state index in [0.29, 0.717) is 38.5 Å². The van der Waals surface area contributed by atoms with Gasteiger partial charge in [-0.05, 0) is 62.8 Å². The number of nitrogens with zero attached hydrogens (tertiary/aromatic N) is 1. The molecule has 2 aromatic carbocycles. The second-order valence-corrected chi connectivity index (χ2v) is 8.09. The molecule has 2 nitrogen and oxygen atoms in total. The van der Waals surface area contributed by atoms with Crippen LogP contribution in [0, 0.1) is 0 Å². The van der Waals surface area contributed by atoms with Crippen molar-refractivity contribution in [2.45, 2.75) is 31.7 Å². The van der Waals surface area contributed by atoms with Crippen LogP contribution in [0.5, 0.6) is 0 Å². The molecule has 0 fully saturated rings. The number of rotatable bonds is 7. The molecule has 0 N–H and O–H groups in total. The van der Waals surface area contributed by atoms with Gasteiger partial charge in [0, 0.05) is 17.5 Å². The molecule has 26 heavy (non-hydrogen) atoms. The molecule has 1 unspecified atom stereocenters. The van der Waals surface area contributed by atoms with E-state index in [2.05, 4.69) is 11.8 Å². The van der Waals surface area contributed by atoms with Gasteiger partial charge in [-0.2, -0.15) is 0 Å². The molecular formula is C20H21Cl4NO. The van der Waals surface area contributed by atoms with Crippen LogP contribution in [-0.2, 0) is 5.54 Å². The highest BCUT2D eigenvalue weighted by molar-refractivity contribution is 6.42. The van der Waals surface area contributed by atoms with E-state index < -0.39 is 0 Å². The van der Waals surface area contributed by atoms with Crippen molar-refractivity contribution < 1.29 is 4.79 Å². The molecule has 0 spiro atoms. The first-order valence-electron chi connectivity index (χ1n) is 8.32. The van der Waals surface area contributed by atoms with Crippen molar-refractivity contribution in [1.82, 2.24) is 4.90 Å². The lowest BCUT2D eigenvalue weighted by Crippen LogP contribution is -2.41. The Morgan fingerprint density at radius 1 is 0.923 bits per heavy atom. The standard InChI is InChI=1S/C20H21Cl4NO/c1-4-20(25(2)3,14-6-8-16(22)18(24)12-14)10-9-19(26)13-5-7-15(21)17(23)11-13/h5-8,11-12H,4,9-10H2,1-3H3. The van der Waals surface area contributed by atoms with Gasteiger partial charge in [0.05, 0.1) is 20.1 Å². The summed E-state index contributed by atoms with van der Waals surface area (Å²) in [6.45, 7) is 2.10. The Labute approximate surface area is 175 Å². The topological polar surface area (TPSA) is 20.3 Å². The van der Waals surface area contributed by atoms with Crippen molar-refractivity contribution in [3.63, 3.8) is 0 Å². The molecule has 1 atom stereocenters. The van der Waals surface area contributed by atoms with Crippen LogP contribution in [-0.4, -0.2) is 24.8 Å². The molecule has 0 aliphatic rings. The number of Topliss-reactive ketones (excluding diaryl/α,β-unsaturated/α-hetero) is 1. The highest BCUT2D eigenvalue weighted by atomic mass is 35.5. The van der Waals surface area contributed by atoms with Crippen molar-refractivity contribution in [2.75, 3.05) is 14.1 Å². The van der Waals surface area contributed by atoms with Gasteiger partial charge in [-0.1, -0.05) is 59.4 Å². The molecule has 0 amide bonds. The maximum Gasteiger partial charge on any atom is 0.163 e. The van der Waals surface area contributed by atoms with Crippen LogP contribution in [0.15, 0.2) is 36.4 Å². The number of carbonyl (C=O) groups excluding carboxylic acids is 1. The average Bonchev–Trinajstić information content (AvgIpc) is 2.60. The molecule has 0 saturated heterocycles. The minimum Gasteiger partial charge on any atom is -0.300 e. The largest absolute Gasteiger partial charge is 0.300 e. The highest BCUT2D eigenvalue weighted by Crippen LogP contribution is 2.38. The Balaban J connectivity index is 2.29. The maximum atomic E-state index is 12.7. The van der Waals surface area contributed by atoms with E-state index in [0.717, 1.165) is 12.0 Å². The molecule has 0 radical (unpaired) electrons. The van der Waals surface area contributed by atoms with E-state index in [1.54, 1.807) is 24.3 Å². The lowest BCUT2D eigenvalue weighted by molar-refractivity contribution is 0.0900. The lowest BCUT2D eigenvalue weighted by Gasteiger charge is -2.40. The molecule has 2 rings (SSSR count). The van der Waals surface area contributed by atoms with E-state index in [1.807, 2.05) is 26.2 Å². The van der Waals surface area contributed by atoms with Gasteiger partial charge < -0.3 is 0 Å². The molecule has 6 heteroatoms. The molecule has 0 aliphatic carbocycles. The molecule has 0 heterocycles. The third-order valence-electron chi connectivity index (χ3n) is 4.91. The number of hydrogen-bond donors (Lipinski definition) is 0. The van der Waals surface area contributed by atoms with E-state index in [9.17, 15) is 4.79 Å². The summed E-state index contributed by atoms with van der Waals surface area (Å²) in [6, 6.07) is 10.6. The predicted octanol–water partition coefficient (Wildman–Crippen LogP) is 7.13. The van der Waals surface area contributed by atoms with Gasteiger partial charge in [0.1, 0.15) is 0 Å². The van der Waals surface area contributed by atoms with Gasteiger partial charge in [0.25, 0.3) is 0 Å². The first kappa shape index (κ1) is 21.5. The zero-order valence-corrected chi connectivity index (χ0v) is 18.0. The SMILES string of the molecule is CCC(CCC(=O)c1ccc(Cl)c(Cl)c1)(c1ccc(Cl)c(Cl)c1)N(C)C. The fraction of sp³-hybridized carbons (Fsp3) is 0.350. The van der Waals surface area contributed by atoms with Crippen LogP contribution in [0.1, 0.15) is 42.1 Å². The smallest absolute Gasteiger partial charge is 0.163 e. The van der Waals surface area contributed by atoms with Gasteiger partial charge in [-0.15, -0.1) is 0 Å². The van der Waals surface area contributed by atoms with E-state index in [4.69, 9.17) is 46.4 Å². The Morgan fingerprint density at radius 2 is 1.50 bits per heavy atom. The van der Waals surface area contributed by atoms with Crippen LogP contribution in [0.3, 0.4) is 0 Å². The summed E-state index contributed by atoms with van der Waals surface area (Å²) in [5.74, 6) is 0.0308. The number of benzene rings is 2. The van der Waals surface area contributed by atoms with Crippen LogP contribution >= 0.6 is 46.4 Å². The van der Waals surface area contributed by atoms with E-state index >= 15 is 0 Å². The highest BCUT2D eigenvalue weighted by Gasteiger charge is 2.33. The summed E-state index contributed by atoms with van der Waals surface area (Å²) in [4.78, 5) is 14.8. The number of carbonyl (C=O) groups is 1. The summed E-state index contributed by atoms with van der Waals surface area (Å²) in [6.07, 6.45) is 1.85. The molecular weight excluding hydrogens is 412 g/mol. The molecule has 0 bridgehead atoms. The molecule has 0 saturated carbocycles. The maximum absolute atomic E-state index is 12.7. The Hall–Kier alpha value is -0.770. The van der Waals surface area contributed by atoms with Crippen LogP contribution in [0.2, 0.25) is 20.1 Å². The second-order valence-electron chi connectivity index (χ2n) is 6.46. The normalized spacial score (nSPS) is 13.7. The Bertz CT molecular complexity index is 806. The van der Waals surface area contributed by atoms with Crippen molar-refractivity contribution in [3.8, 4) is 0 Å². The fourth-order valence-electron chi connectivity index (χ4n) is 3.24. The summed E-state index contributed by atoms with van der Waals surface area (Å²) in [7, 11) is 4.02. The first-order chi connectivity index (χ1) is 12.2. The summed E-state index contributed by atoms with van der Waals surface area (Å²) < 4.78 is 0. The number of hydrogen-bond acceptors (Lipinski definition) is 2. The fourth-order valence-corrected chi connectivity index (χ4v) is 3.84. The van der Waals surface area contributed by atoms with Gasteiger partial charge in [-0.25, -0.2) is 0 Å². The van der Waals surface area contributed by atoms with Gasteiger partial charge in [0.2, 0.25) is 0 Å². The predicted molar refractivity (Wildman–Crippen MR) is 112 cm³/mol. The van der Waals surface area contributed by atoms with Gasteiger partial charge in [-0.3, -0.25) is 9.69 Å². The minimum absolute atomic E-state index is 0.0308. The summed E-state index contributed by atoms with van der Waals surface area (Å²) >= 11 is 24.3. The van der Waals surface area contributed by atoms with Crippen molar-refractivity contribution in [2.24, 2.45) is 0 Å². The van der Waals surface area contributed by atoms with Crippen molar-refractivity contribution in [3.05, 3.63) is 67.6 Å². The second kappa shape index (κ2) is 8.95. The third-order valence-corrected chi connectivity index (χ3v) is 6.38. The molecule has 0 aromatic heterocycles. The van der Waals surface area contributed by atoms with E-state index in [-0.39, 0.29) is 11.3 Å². The van der Waals surface area contributed by atoms with Gasteiger partial charge in [0.15, 0.2) is 5.78 Å². The van der Waals surface area contributed by atoms with Crippen molar-refractivity contribution >= 4 is 52.2 Å². The van der Waals surface area contributed by atoms with Crippen LogP contribution in [0.25, 0.3) is 0 Å². The van der Waals surface area contributed by atoms with E-state index in [1.165, 1.54) is 0 Å². The van der Waals surface area contributed by atoms with Gasteiger partial charge >= 0.3 is 0 Å². The lowest BCUT2D eigenvalue weighted by atomic mass is 9.81. The van der Waals surface area contributed by atoms with Crippen LogP contribution < -0.4 is 0 Å². The number of halogens is 4. The third kappa shape index (κ3) is 4.55. The number of ketones is 1. The average molecular weight is 433 g/mol. The summed E-state index contributed by atoms with van der Waals surface area (Å²) in [5, 5.41) is 1.86. The zero-order chi connectivity index (χ0) is 19.5. The Kier molecular flexibility index (Phi) is 7.41. The first-order valence-corrected chi connectivity index (χ1v) is 9.83. The Morgan fingerprint density at radius 3 is 2.00 bits per heavy atom. The monoisotopic (exact) mass is 431 g/mol. The minimum atomic E-state index is -0.319. The zero-order valence-electron chi connectivity index (χ0n) is 15.0. The molecule has 2 aromatic rings.